The number of hydrogen-bond donors (Lipinski definition) is 1. The number of methoxy groups -OCH3 is 1. The summed E-state index contributed by atoms with van der Waals surface area (Å²) < 4.78 is 7.28. The summed E-state index contributed by atoms with van der Waals surface area (Å²) in [6.07, 6.45) is 0. The predicted molar refractivity (Wildman–Crippen MR) is 114 cm³/mol. The van der Waals surface area contributed by atoms with Crippen molar-refractivity contribution in [1.82, 2.24) is 14.9 Å². The Hall–Kier alpha value is -3.31. The molecule has 0 radical (unpaired) electrons. The molecule has 1 aromatic heterocycles. The average molecular weight is 406 g/mol. The van der Waals surface area contributed by atoms with E-state index >= 15 is 0 Å². The number of benzene rings is 3. The zero-order valence-corrected chi connectivity index (χ0v) is 16.7. The van der Waals surface area contributed by atoms with Crippen LogP contribution < -0.4 is 10.1 Å². The summed E-state index contributed by atoms with van der Waals surface area (Å²) in [7, 11) is 1.58. The molecule has 1 heterocycles. The molecular formula is C23H20ClN3O2. The zero-order valence-electron chi connectivity index (χ0n) is 15.9. The van der Waals surface area contributed by atoms with Crippen molar-refractivity contribution < 1.29 is 9.53 Å². The molecule has 0 fully saturated rings. The molecule has 1 amide bonds. The average Bonchev–Trinajstić information content (AvgIpc) is 3.11. The molecule has 0 saturated heterocycles. The second-order valence-corrected chi connectivity index (χ2v) is 7.02. The molecule has 1 N–H and O–H groups in total. The fraction of sp³-hybridized carbons (Fsp3) is 0.130. The highest BCUT2D eigenvalue weighted by atomic mass is 35.5. The molecule has 0 aliphatic heterocycles. The van der Waals surface area contributed by atoms with Crippen LogP contribution in [0.2, 0.25) is 5.02 Å². The molecule has 0 aliphatic carbocycles. The maximum absolute atomic E-state index is 12.6. The summed E-state index contributed by atoms with van der Waals surface area (Å²) in [5.74, 6) is 1.23. The van der Waals surface area contributed by atoms with Crippen LogP contribution in [0.3, 0.4) is 0 Å². The quantitative estimate of drug-likeness (QED) is 0.507. The van der Waals surface area contributed by atoms with Crippen molar-refractivity contribution in [2.45, 2.75) is 13.1 Å². The molecule has 6 heteroatoms. The molecule has 0 aliphatic rings. The van der Waals surface area contributed by atoms with E-state index in [1.54, 1.807) is 31.4 Å². The van der Waals surface area contributed by atoms with Crippen molar-refractivity contribution in [3.8, 4) is 5.75 Å². The van der Waals surface area contributed by atoms with Crippen molar-refractivity contribution in [1.29, 1.82) is 0 Å². The second kappa shape index (κ2) is 8.37. The molecule has 4 aromatic rings. The van der Waals surface area contributed by atoms with Crippen LogP contribution in [-0.2, 0) is 13.1 Å². The molecule has 3 aromatic carbocycles. The molecule has 5 nitrogen and oxygen atoms in total. The molecular weight excluding hydrogens is 386 g/mol. The van der Waals surface area contributed by atoms with Gasteiger partial charge in [-0.2, -0.15) is 0 Å². The lowest BCUT2D eigenvalue weighted by atomic mass is 10.2. The number of aromatic nitrogens is 2. The first-order valence-corrected chi connectivity index (χ1v) is 9.63. The molecule has 29 heavy (non-hydrogen) atoms. The van der Waals surface area contributed by atoms with Crippen LogP contribution in [0.5, 0.6) is 5.75 Å². The summed E-state index contributed by atoms with van der Waals surface area (Å²) in [5, 5.41) is 3.66. The fourth-order valence-corrected chi connectivity index (χ4v) is 3.45. The summed E-state index contributed by atoms with van der Waals surface area (Å²) in [6.45, 7) is 0.875. The van der Waals surface area contributed by atoms with E-state index in [2.05, 4.69) is 9.88 Å². The van der Waals surface area contributed by atoms with Gasteiger partial charge in [0.05, 0.1) is 31.2 Å². The largest absolute Gasteiger partial charge is 0.497 e. The molecule has 146 valence electrons. The lowest BCUT2D eigenvalue weighted by Gasteiger charge is -2.12. The third-order valence-corrected chi connectivity index (χ3v) is 5.13. The summed E-state index contributed by atoms with van der Waals surface area (Å²) in [6, 6.07) is 22.7. The molecule has 0 bridgehead atoms. The zero-order chi connectivity index (χ0) is 20.2. The van der Waals surface area contributed by atoms with Gasteiger partial charge < -0.3 is 14.6 Å². The number of hydrogen-bond acceptors (Lipinski definition) is 3. The highest BCUT2D eigenvalue weighted by Crippen LogP contribution is 2.22. The van der Waals surface area contributed by atoms with Gasteiger partial charge in [0, 0.05) is 10.6 Å². The topological polar surface area (TPSA) is 56.1 Å². The number of para-hydroxylation sites is 2. The molecule has 0 saturated carbocycles. The van der Waals surface area contributed by atoms with E-state index in [1.807, 2.05) is 48.5 Å². The molecule has 0 spiro atoms. The predicted octanol–water partition coefficient (Wildman–Crippen LogP) is 4.68. The van der Waals surface area contributed by atoms with Gasteiger partial charge >= 0.3 is 0 Å². The number of nitrogens with one attached hydrogen (secondary N) is 1. The van der Waals surface area contributed by atoms with E-state index in [0.29, 0.717) is 29.4 Å². The van der Waals surface area contributed by atoms with E-state index < -0.39 is 0 Å². The molecule has 0 unspecified atom stereocenters. The minimum Gasteiger partial charge on any atom is -0.497 e. The van der Waals surface area contributed by atoms with Crippen LogP contribution in [0.25, 0.3) is 11.0 Å². The van der Waals surface area contributed by atoms with Gasteiger partial charge in [-0.15, -0.1) is 0 Å². The van der Waals surface area contributed by atoms with Crippen LogP contribution in [-0.4, -0.2) is 22.6 Å². The summed E-state index contributed by atoms with van der Waals surface area (Å²) in [5.41, 5.74) is 3.42. The van der Waals surface area contributed by atoms with Gasteiger partial charge in [0.1, 0.15) is 11.6 Å². The fourth-order valence-electron chi connectivity index (χ4n) is 3.26. The molecule has 4 rings (SSSR count). The minimum absolute atomic E-state index is 0.180. The van der Waals surface area contributed by atoms with Crippen LogP contribution in [0.1, 0.15) is 21.7 Å². The van der Waals surface area contributed by atoms with Gasteiger partial charge in [0.15, 0.2) is 0 Å². The first-order chi connectivity index (χ1) is 14.2. The third-order valence-electron chi connectivity index (χ3n) is 4.76. The van der Waals surface area contributed by atoms with Crippen LogP contribution in [0.15, 0.2) is 72.8 Å². The van der Waals surface area contributed by atoms with Gasteiger partial charge in [-0.05, 0) is 42.0 Å². The third kappa shape index (κ3) is 4.10. The van der Waals surface area contributed by atoms with E-state index in [4.69, 9.17) is 21.3 Å². The van der Waals surface area contributed by atoms with E-state index in [0.717, 1.165) is 22.4 Å². The smallest absolute Gasteiger partial charge is 0.251 e. The van der Waals surface area contributed by atoms with Crippen molar-refractivity contribution in [2.75, 3.05) is 7.11 Å². The van der Waals surface area contributed by atoms with Gasteiger partial charge in [0.2, 0.25) is 0 Å². The maximum Gasteiger partial charge on any atom is 0.251 e. The Labute approximate surface area is 173 Å². The summed E-state index contributed by atoms with van der Waals surface area (Å²) in [4.78, 5) is 17.3. The van der Waals surface area contributed by atoms with Crippen LogP contribution in [0.4, 0.5) is 0 Å². The van der Waals surface area contributed by atoms with Crippen molar-refractivity contribution in [2.24, 2.45) is 0 Å². The number of halogens is 1. The van der Waals surface area contributed by atoms with E-state index in [9.17, 15) is 4.79 Å². The van der Waals surface area contributed by atoms with Gasteiger partial charge in [-0.1, -0.05) is 48.0 Å². The lowest BCUT2D eigenvalue weighted by molar-refractivity contribution is 0.0949. The maximum atomic E-state index is 12.6. The second-order valence-electron chi connectivity index (χ2n) is 6.61. The first kappa shape index (κ1) is 19.0. The number of rotatable bonds is 6. The minimum atomic E-state index is -0.180. The van der Waals surface area contributed by atoms with Gasteiger partial charge in [-0.25, -0.2) is 4.98 Å². The van der Waals surface area contributed by atoms with Crippen molar-refractivity contribution >= 4 is 28.5 Å². The lowest BCUT2D eigenvalue weighted by Crippen LogP contribution is -2.25. The number of carbonyl (C=O) groups is 1. The highest BCUT2D eigenvalue weighted by molar-refractivity contribution is 6.31. The molecule has 0 atom stereocenters. The number of nitrogens with zero attached hydrogens (tertiary/aromatic N) is 2. The Bertz CT molecular complexity index is 1170. The van der Waals surface area contributed by atoms with Gasteiger partial charge in [0.25, 0.3) is 5.91 Å². The normalized spacial score (nSPS) is 10.8. The van der Waals surface area contributed by atoms with Gasteiger partial charge in [-0.3, -0.25) is 4.79 Å². The number of ether oxygens (including phenoxy) is 1. The number of amides is 1. The SMILES string of the molecule is COc1cccc(C(=O)NCc2nc3ccccc3n2Cc2ccccc2Cl)c1. The number of fused-ring (bicyclic) bond motifs is 1. The van der Waals surface area contributed by atoms with Crippen LogP contribution >= 0.6 is 11.6 Å². The number of carbonyl (C=O) groups excluding carboxylic acids is 1. The monoisotopic (exact) mass is 405 g/mol. The Morgan fingerprint density at radius 2 is 1.86 bits per heavy atom. The van der Waals surface area contributed by atoms with Crippen LogP contribution in [0, 0.1) is 0 Å². The Kier molecular flexibility index (Phi) is 5.49. The van der Waals surface area contributed by atoms with E-state index in [1.165, 1.54) is 0 Å². The highest BCUT2D eigenvalue weighted by Gasteiger charge is 2.14. The Morgan fingerprint density at radius 3 is 2.69 bits per heavy atom. The standard InChI is InChI=1S/C23H20ClN3O2/c1-29-18-9-6-8-16(13-18)23(28)25-14-22-26-20-11-4-5-12-21(20)27(22)15-17-7-2-3-10-19(17)24/h2-13H,14-15H2,1H3,(H,25,28). The van der Waals surface area contributed by atoms with Crippen molar-refractivity contribution in [3.05, 3.63) is 94.8 Å². The Morgan fingerprint density at radius 1 is 1.07 bits per heavy atom. The van der Waals surface area contributed by atoms with Crippen molar-refractivity contribution in [3.63, 3.8) is 0 Å². The summed E-state index contributed by atoms with van der Waals surface area (Å²) >= 11 is 6.37. The first-order valence-electron chi connectivity index (χ1n) is 9.25. The van der Waals surface area contributed by atoms with E-state index in [-0.39, 0.29) is 5.91 Å². The Balaban J connectivity index is 1.61. The number of imidazole rings is 1.